The molecule has 0 spiro atoms. The summed E-state index contributed by atoms with van der Waals surface area (Å²) in [6, 6.07) is 2.96. The summed E-state index contributed by atoms with van der Waals surface area (Å²) in [6.45, 7) is 0.533. The number of hydrogen-bond acceptors (Lipinski definition) is 5. The molecule has 2 aromatic rings. The highest BCUT2D eigenvalue weighted by Crippen LogP contribution is 2.42. The van der Waals surface area contributed by atoms with E-state index in [0.29, 0.717) is 34.9 Å². The molecule has 2 amide bonds. The van der Waals surface area contributed by atoms with Gasteiger partial charge in [-0.2, -0.15) is 0 Å². The number of carbonyl (C=O) groups excluding carboxylic acids is 2. The Morgan fingerprint density at radius 3 is 2.72 bits per heavy atom. The van der Waals surface area contributed by atoms with E-state index in [1.54, 1.807) is 7.05 Å². The molecule has 154 valence electrons. The number of halogens is 2. The van der Waals surface area contributed by atoms with Crippen LogP contribution in [-0.4, -0.2) is 49.4 Å². The number of nitrogen functional groups attached to an aromatic ring is 1. The Bertz CT molecular complexity index is 980. The van der Waals surface area contributed by atoms with E-state index in [2.05, 4.69) is 15.6 Å². The Kier molecular flexibility index (Phi) is 5.93. The van der Waals surface area contributed by atoms with Gasteiger partial charge in [0.2, 0.25) is 5.91 Å². The van der Waals surface area contributed by atoms with Gasteiger partial charge in [-0.05, 0) is 24.5 Å². The van der Waals surface area contributed by atoms with E-state index in [4.69, 9.17) is 17.3 Å². The Balaban J connectivity index is 2.18. The molecule has 0 bridgehead atoms. The molecule has 29 heavy (non-hydrogen) atoms. The summed E-state index contributed by atoms with van der Waals surface area (Å²) in [6.07, 6.45) is 2.42. The predicted octanol–water partition coefficient (Wildman–Crippen LogP) is 2.86. The lowest BCUT2D eigenvalue weighted by molar-refractivity contribution is -0.122. The zero-order valence-electron chi connectivity index (χ0n) is 16.5. The fourth-order valence-corrected chi connectivity index (χ4v) is 3.93. The van der Waals surface area contributed by atoms with E-state index in [9.17, 15) is 9.59 Å². The van der Waals surface area contributed by atoms with Crippen LogP contribution in [0, 0.1) is 5.82 Å². The fourth-order valence-electron chi connectivity index (χ4n) is 3.53. The molecule has 1 aliphatic heterocycles. The maximum atomic E-state index is 15.3. The van der Waals surface area contributed by atoms with Gasteiger partial charge in [-0.3, -0.25) is 9.59 Å². The highest BCUT2D eigenvalue weighted by Gasteiger charge is 2.29. The SMILES string of the molecule is CNc1ncc(-c2ccc(N)c(C(=O)N(C)C)c2F)c(Cl)c1C1CCNC(=O)C1. The van der Waals surface area contributed by atoms with Crippen LogP contribution in [0.3, 0.4) is 0 Å². The number of nitrogens with two attached hydrogens (primary N) is 1. The first kappa shape index (κ1) is 20.9. The Morgan fingerprint density at radius 2 is 2.10 bits per heavy atom. The molecule has 1 atom stereocenters. The normalized spacial score (nSPS) is 16.3. The average molecular weight is 420 g/mol. The zero-order chi connectivity index (χ0) is 21.3. The average Bonchev–Trinajstić information content (AvgIpc) is 2.68. The Labute approximate surface area is 173 Å². The summed E-state index contributed by atoms with van der Waals surface area (Å²) in [4.78, 5) is 29.9. The first-order valence-corrected chi connectivity index (χ1v) is 9.56. The number of pyridine rings is 1. The minimum atomic E-state index is -0.753. The molecule has 1 aliphatic rings. The van der Waals surface area contributed by atoms with Crippen molar-refractivity contribution < 1.29 is 14.0 Å². The fraction of sp³-hybridized carbons (Fsp3) is 0.350. The highest BCUT2D eigenvalue weighted by molar-refractivity contribution is 6.34. The van der Waals surface area contributed by atoms with Crippen LogP contribution in [0.4, 0.5) is 15.9 Å². The van der Waals surface area contributed by atoms with Crippen LogP contribution in [0.25, 0.3) is 11.1 Å². The van der Waals surface area contributed by atoms with Gasteiger partial charge in [0.1, 0.15) is 11.6 Å². The van der Waals surface area contributed by atoms with Crippen LogP contribution in [0.5, 0.6) is 0 Å². The number of aromatic nitrogens is 1. The van der Waals surface area contributed by atoms with Crippen molar-refractivity contribution in [3.63, 3.8) is 0 Å². The van der Waals surface area contributed by atoms with E-state index in [1.807, 2.05) is 0 Å². The van der Waals surface area contributed by atoms with E-state index >= 15 is 4.39 Å². The second-order valence-electron chi connectivity index (χ2n) is 7.13. The number of piperidine rings is 1. The lowest BCUT2D eigenvalue weighted by atomic mass is 9.88. The molecule has 1 fully saturated rings. The first-order valence-electron chi connectivity index (χ1n) is 9.19. The molecular weight excluding hydrogens is 397 g/mol. The molecule has 7 nitrogen and oxygen atoms in total. The maximum absolute atomic E-state index is 15.3. The Hall–Kier alpha value is -2.87. The third kappa shape index (κ3) is 3.85. The lowest BCUT2D eigenvalue weighted by Crippen LogP contribution is -2.33. The number of hydrogen-bond donors (Lipinski definition) is 3. The third-order valence-corrected chi connectivity index (χ3v) is 5.43. The molecule has 9 heteroatoms. The van der Waals surface area contributed by atoms with Crippen LogP contribution < -0.4 is 16.4 Å². The summed E-state index contributed by atoms with van der Waals surface area (Å²) >= 11 is 6.71. The molecule has 1 aromatic heterocycles. The topological polar surface area (TPSA) is 100 Å². The Morgan fingerprint density at radius 1 is 1.38 bits per heavy atom. The summed E-state index contributed by atoms with van der Waals surface area (Å²) < 4.78 is 15.3. The highest BCUT2D eigenvalue weighted by atomic mass is 35.5. The van der Waals surface area contributed by atoms with Crippen LogP contribution >= 0.6 is 11.6 Å². The molecule has 1 saturated heterocycles. The van der Waals surface area contributed by atoms with Gasteiger partial charge in [0.15, 0.2) is 0 Å². The van der Waals surface area contributed by atoms with Gasteiger partial charge < -0.3 is 21.3 Å². The van der Waals surface area contributed by atoms with Gasteiger partial charge in [-0.1, -0.05) is 11.6 Å². The minimum absolute atomic E-state index is 0.0463. The lowest BCUT2D eigenvalue weighted by Gasteiger charge is -2.26. The second-order valence-corrected chi connectivity index (χ2v) is 7.51. The first-order chi connectivity index (χ1) is 13.8. The van der Waals surface area contributed by atoms with Crippen LogP contribution in [-0.2, 0) is 4.79 Å². The van der Waals surface area contributed by atoms with Crippen molar-refractivity contribution in [1.29, 1.82) is 0 Å². The number of carbonyl (C=O) groups is 2. The van der Waals surface area contributed by atoms with E-state index in [1.165, 1.54) is 37.3 Å². The smallest absolute Gasteiger partial charge is 0.258 e. The van der Waals surface area contributed by atoms with Gasteiger partial charge in [0.25, 0.3) is 5.91 Å². The van der Waals surface area contributed by atoms with Crippen molar-refractivity contribution in [2.24, 2.45) is 0 Å². The number of nitrogens with zero attached hydrogens (tertiary/aromatic N) is 2. The van der Waals surface area contributed by atoms with E-state index < -0.39 is 11.7 Å². The molecule has 2 heterocycles. The van der Waals surface area contributed by atoms with Crippen LogP contribution in [0.2, 0.25) is 5.02 Å². The number of nitrogens with one attached hydrogen (secondary N) is 2. The third-order valence-electron chi connectivity index (χ3n) is 5.03. The van der Waals surface area contributed by atoms with Crippen molar-refractivity contribution in [2.75, 3.05) is 38.7 Å². The molecule has 3 rings (SSSR count). The molecule has 1 aromatic carbocycles. The largest absolute Gasteiger partial charge is 0.398 e. The summed E-state index contributed by atoms with van der Waals surface area (Å²) in [5.41, 5.74) is 6.84. The number of benzene rings is 1. The molecular formula is C20H23ClFN5O2. The minimum Gasteiger partial charge on any atom is -0.398 e. The predicted molar refractivity (Wildman–Crippen MR) is 112 cm³/mol. The van der Waals surface area contributed by atoms with Gasteiger partial charge in [0, 0.05) is 62.7 Å². The molecule has 0 radical (unpaired) electrons. The summed E-state index contributed by atoms with van der Waals surface area (Å²) in [5.74, 6) is -0.967. The van der Waals surface area contributed by atoms with Gasteiger partial charge in [-0.15, -0.1) is 0 Å². The summed E-state index contributed by atoms with van der Waals surface area (Å²) in [5, 5.41) is 6.09. The summed E-state index contributed by atoms with van der Waals surface area (Å²) in [7, 11) is 4.76. The number of amides is 2. The van der Waals surface area contributed by atoms with Crippen LogP contribution in [0.15, 0.2) is 18.3 Å². The standard InChI is InChI=1S/C20H23ClFN5O2/c1-24-19-15(10-6-7-25-14(28)8-10)17(21)12(9-26-19)11-4-5-13(23)16(18(11)22)20(29)27(2)3/h4-5,9-10H,6-8,23H2,1-3H3,(H,24,26)(H,25,28). The monoisotopic (exact) mass is 419 g/mol. The van der Waals surface area contributed by atoms with Crippen molar-refractivity contribution in [3.05, 3.63) is 40.3 Å². The van der Waals surface area contributed by atoms with Crippen molar-refractivity contribution in [1.82, 2.24) is 15.2 Å². The zero-order valence-corrected chi connectivity index (χ0v) is 17.2. The van der Waals surface area contributed by atoms with Crippen molar-refractivity contribution in [3.8, 4) is 11.1 Å². The molecule has 1 unspecified atom stereocenters. The molecule has 0 aliphatic carbocycles. The van der Waals surface area contributed by atoms with E-state index in [-0.39, 0.29) is 35.1 Å². The molecule has 4 N–H and O–H groups in total. The van der Waals surface area contributed by atoms with E-state index in [0.717, 1.165) is 0 Å². The number of rotatable bonds is 4. The second kappa shape index (κ2) is 8.24. The van der Waals surface area contributed by atoms with Gasteiger partial charge in [-0.25, -0.2) is 9.37 Å². The van der Waals surface area contributed by atoms with Crippen molar-refractivity contribution >= 4 is 34.9 Å². The van der Waals surface area contributed by atoms with Gasteiger partial charge >= 0.3 is 0 Å². The quantitative estimate of drug-likeness (QED) is 0.661. The molecule has 0 saturated carbocycles. The van der Waals surface area contributed by atoms with Crippen LogP contribution in [0.1, 0.15) is 34.7 Å². The van der Waals surface area contributed by atoms with Gasteiger partial charge in [0.05, 0.1) is 10.6 Å². The van der Waals surface area contributed by atoms with Crippen molar-refractivity contribution in [2.45, 2.75) is 18.8 Å². The maximum Gasteiger partial charge on any atom is 0.258 e. The number of anilines is 2.